The molecule has 0 amide bonds. The van der Waals surface area contributed by atoms with Crippen molar-refractivity contribution >= 4 is 0 Å². The van der Waals surface area contributed by atoms with Crippen molar-refractivity contribution in [3.63, 3.8) is 0 Å². The van der Waals surface area contributed by atoms with E-state index in [-0.39, 0.29) is 0 Å². The number of halogens is 6. The molecule has 1 rings (SSSR count). The van der Waals surface area contributed by atoms with Gasteiger partial charge in [-0.05, 0) is 0 Å². The van der Waals surface area contributed by atoms with Crippen LogP contribution in [0.1, 0.15) is 0 Å². The Morgan fingerprint density at radius 3 is 1.22 bits per heavy atom. The van der Waals surface area contributed by atoms with Crippen LogP contribution in [0, 0.1) is 0 Å². The van der Waals surface area contributed by atoms with Gasteiger partial charge >= 0.3 is 12.4 Å². The molecule has 0 N–H and O–H groups in total. The highest BCUT2D eigenvalue weighted by atomic mass is 19.4. The van der Waals surface area contributed by atoms with Gasteiger partial charge in [-0.15, -0.1) is 0 Å². The third-order valence-corrected chi connectivity index (χ3v) is 1.59. The number of alkyl halides is 6. The fourth-order valence-corrected chi connectivity index (χ4v) is 0.920. The molecule has 0 saturated carbocycles. The predicted molar refractivity (Wildman–Crippen MR) is 44.5 cm³/mol. The van der Waals surface area contributed by atoms with Gasteiger partial charge in [-0.25, -0.2) is 0 Å². The second kappa shape index (κ2) is 4.50. The van der Waals surface area contributed by atoms with Crippen LogP contribution in [0.25, 0.3) is 0 Å². The van der Waals surface area contributed by atoms with Gasteiger partial charge in [0.1, 0.15) is 0 Å². The van der Waals surface area contributed by atoms with Crippen LogP contribution in [0.15, 0.2) is 9.59 Å². The molecule has 0 atom stereocenters. The smallest absolute Gasteiger partial charge is 0.422 e. The normalized spacial score (nSPS) is 12.8. The third kappa shape index (κ3) is 3.64. The van der Waals surface area contributed by atoms with Gasteiger partial charge in [0.2, 0.25) is 11.5 Å². The summed E-state index contributed by atoms with van der Waals surface area (Å²) in [4.78, 5) is 21.5. The van der Waals surface area contributed by atoms with E-state index in [0.717, 1.165) is 0 Å². The monoisotopic (exact) mass is 278 g/mol. The van der Waals surface area contributed by atoms with E-state index in [9.17, 15) is 35.9 Å². The summed E-state index contributed by atoms with van der Waals surface area (Å²) in [5, 5.41) is 0. The van der Waals surface area contributed by atoms with E-state index in [1.54, 1.807) is 0 Å². The van der Waals surface area contributed by atoms with Crippen molar-refractivity contribution < 1.29 is 35.8 Å². The van der Waals surface area contributed by atoms with Crippen LogP contribution in [0.4, 0.5) is 26.3 Å². The Bertz CT molecular complexity index is 447. The van der Waals surface area contributed by atoms with Crippen LogP contribution in [0.2, 0.25) is 0 Å². The average molecular weight is 278 g/mol. The molecule has 0 aliphatic rings. The lowest BCUT2D eigenvalue weighted by Crippen LogP contribution is -2.37. The molecule has 0 saturated heterocycles. The molecule has 0 spiro atoms. The lowest BCUT2D eigenvalue weighted by molar-refractivity contribution is -0.159. The van der Waals surface area contributed by atoms with E-state index in [4.69, 9.17) is 0 Å². The Balaban J connectivity index is 2.73. The van der Waals surface area contributed by atoms with Gasteiger partial charge < -0.3 is 9.47 Å². The van der Waals surface area contributed by atoms with Crippen molar-refractivity contribution in [2.45, 2.75) is 12.4 Å². The fraction of sp³-hybridized carbons (Fsp3) is 0.500. The number of ether oxygens (including phenoxy) is 2. The van der Waals surface area contributed by atoms with E-state index in [1.807, 2.05) is 0 Å². The van der Waals surface area contributed by atoms with Crippen LogP contribution in [-0.4, -0.2) is 25.6 Å². The molecular formula is C8H4F6O4. The molecule has 0 aliphatic heterocycles. The number of hydrogen-bond donors (Lipinski definition) is 0. The third-order valence-electron chi connectivity index (χ3n) is 1.59. The van der Waals surface area contributed by atoms with Gasteiger partial charge in [0, 0.05) is 0 Å². The summed E-state index contributed by atoms with van der Waals surface area (Å²) < 4.78 is 78.2. The quantitative estimate of drug-likeness (QED) is 0.612. The fourth-order valence-electron chi connectivity index (χ4n) is 0.920. The molecule has 4 nitrogen and oxygen atoms in total. The van der Waals surface area contributed by atoms with Gasteiger partial charge in [0.15, 0.2) is 13.2 Å². The first kappa shape index (κ1) is 14.3. The summed E-state index contributed by atoms with van der Waals surface area (Å²) in [5.74, 6) is -2.27. The largest absolute Gasteiger partial charge is 0.476 e. The highest BCUT2D eigenvalue weighted by molar-refractivity contribution is 5.45. The second-order valence-electron chi connectivity index (χ2n) is 3.12. The topological polar surface area (TPSA) is 52.6 Å². The first-order chi connectivity index (χ1) is 8.01. The molecule has 0 aliphatic carbocycles. The maximum absolute atomic E-state index is 11.7. The zero-order valence-electron chi connectivity index (χ0n) is 8.31. The molecule has 0 bridgehead atoms. The Hall–Kier alpha value is -1.74. The van der Waals surface area contributed by atoms with E-state index in [1.165, 1.54) is 0 Å². The number of hydrogen-bond acceptors (Lipinski definition) is 4. The Labute approximate surface area is 94.4 Å². The Kier molecular flexibility index (Phi) is 3.58. The highest BCUT2D eigenvalue weighted by Gasteiger charge is 2.35. The van der Waals surface area contributed by atoms with Gasteiger partial charge in [-0.1, -0.05) is 0 Å². The van der Waals surface area contributed by atoms with Crippen molar-refractivity contribution in [1.29, 1.82) is 0 Å². The minimum Gasteiger partial charge on any atom is -0.476 e. The van der Waals surface area contributed by atoms with E-state index in [2.05, 4.69) is 9.47 Å². The zero-order chi connectivity index (χ0) is 14.1. The van der Waals surface area contributed by atoms with Gasteiger partial charge in [0.05, 0.1) is 0 Å². The second-order valence-corrected chi connectivity index (χ2v) is 3.12. The summed E-state index contributed by atoms with van der Waals surface area (Å²) in [6.07, 6.45) is -9.58. The molecule has 0 heterocycles. The summed E-state index contributed by atoms with van der Waals surface area (Å²) >= 11 is 0. The minimum atomic E-state index is -4.79. The van der Waals surface area contributed by atoms with Crippen LogP contribution in [0.3, 0.4) is 0 Å². The first-order valence-electron chi connectivity index (χ1n) is 4.23. The Morgan fingerprint density at radius 2 is 1.00 bits per heavy atom. The average Bonchev–Trinajstić information content (AvgIpc) is 2.18. The van der Waals surface area contributed by atoms with Crippen LogP contribution >= 0.6 is 0 Å². The Morgan fingerprint density at radius 1 is 0.722 bits per heavy atom. The summed E-state index contributed by atoms with van der Waals surface area (Å²) in [6, 6.07) is 0. The van der Waals surface area contributed by atoms with Crippen LogP contribution in [0.5, 0.6) is 11.5 Å². The molecule has 1 aromatic rings. The highest BCUT2D eigenvalue weighted by Crippen LogP contribution is 2.25. The molecule has 0 fully saturated rings. The first-order valence-corrected chi connectivity index (χ1v) is 4.23. The summed E-state index contributed by atoms with van der Waals surface area (Å²) in [7, 11) is 0. The molecule has 0 unspecified atom stereocenters. The van der Waals surface area contributed by atoms with Crippen molar-refractivity contribution in [3.8, 4) is 11.5 Å². The minimum absolute atomic E-state index is 1.14. The summed E-state index contributed by atoms with van der Waals surface area (Å²) in [6.45, 7) is -3.81. The maximum atomic E-state index is 11.7. The van der Waals surface area contributed by atoms with Crippen molar-refractivity contribution in [2.24, 2.45) is 0 Å². The van der Waals surface area contributed by atoms with Crippen molar-refractivity contribution in [2.75, 3.05) is 13.2 Å². The predicted octanol–water partition coefficient (Wildman–Crippen LogP) is 1.16. The van der Waals surface area contributed by atoms with Gasteiger partial charge in [-0.3, -0.25) is 9.59 Å². The molecule has 10 heteroatoms. The van der Waals surface area contributed by atoms with E-state index < -0.39 is 47.9 Å². The van der Waals surface area contributed by atoms with E-state index >= 15 is 0 Å². The van der Waals surface area contributed by atoms with Crippen molar-refractivity contribution in [1.82, 2.24) is 0 Å². The van der Waals surface area contributed by atoms with Gasteiger partial charge in [0.25, 0.3) is 10.9 Å². The number of rotatable bonds is 4. The van der Waals surface area contributed by atoms with Gasteiger partial charge in [-0.2, -0.15) is 26.3 Å². The zero-order valence-corrected chi connectivity index (χ0v) is 8.31. The van der Waals surface area contributed by atoms with Crippen LogP contribution < -0.4 is 20.3 Å². The van der Waals surface area contributed by atoms with Crippen LogP contribution in [-0.2, 0) is 0 Å². The van der Waals surface area contributed by atoms with Crippen molar-refractivity contribution in [3.05, 3.63) is 20.4 Å². The molecule has 18 heavy (non-hydrogen) atoms. The molecule has 102 valence electrons. The molecular weight excluding hydrogens is 274 g/mol. The molecule has 0 aromatic heterocycles. The maximum Gasteiger partial charge on any atom is 0.422 e. The lowest BCUT2D eigenvalue weighted by Gasteiger charge is -2.15. The lowest BCUT2D eigenvalue weighted by atomic mass is 10.2. The standard InChI is InChI=1S/C8H4F6O4/c9-7(10,11)1-17-5-3(15)4(16)6(5)18-2-8(12,13)14/h1-2H2. The van der Waals surface area contributed by atoms with E-state index in [0.29, 0.717) is 0 Å². The molecule has 1 aromatic carbocycles. The SMILES string of the molecule is O=c1c(OCC(F)(F)F)c(OCC(F)(F)F)c1=O. The summed E-state index contributed by atoms with van der Waals surface area (Å²) in [5.41, 5.74) is -2.90. The molecule has 0 radical (unpaired) electrons.